The van der Waals surface area contributed by atoms with Gasteiger partial charge in [-0.3, -0.25) is 0 Å². The summed E-state index contributed by atoms with van der Waals surface area (Å²) in [7, 11) is -3.66. The van der Waals surface area contributed by atoms with Crippen LogP contribution in [0.3, 0.4) is 0 Å². The molecule has 1 aliphatic rings. The van der Waals surface area contributed by atoms with E-state index >= 15 is 0 Å². The molecular weight excluding hydrogens is 463 g/mol. The van der Waals surface area contributed by atoms with Crippen LogP contribution in [0.25, 0.3) is 0 Å². The molecule has 0 bridgehead atoms. The second kappa shape index (κ2) is 8.83. The summed E-state index contributed by atoms with van der Waals surface area (Å²) in [5.74, 6) is 0.836. The predicted molar refractivity (Wildman–Crippen MR) is 116 cm³/mol. The molecule has 1 aliphatic heterocycles. The van der Waals surface area contributed by atoms with Gasteiger partial charge in [0.15, 0.2) is 5.96 Å². The van der Waals surface area contributed by atoms with Crippen LogP contribution in [0.5, 0.6) is 0 Å². The lowest BCUT2D eigenvalue weighted by atomic mass is 10.2. The molecule has 0 atom stereocenters. The molecule has 0 aromatic heterocycles. The minimum absolute atomic E-state index is 0. The SMILES string of the molecule is CCNC(=NCc1ccc(S(N)(=O)=O)cc1)N1CCc2ccccc21.I. The molecule has 2 aromatic carbocycles. The predicted octanol–water partition coefficient (Wildman–Crippen LogP) is 2.48. The lowest BCUT2D eigenvalue weighted by molar-refractivity contribution is 0.598. The van der Waals surface area contributed by atoms with Crippen molar-refractivity contribution in [1.82, 2.24) is 5.32 Å². The number of hydrogen-bond acceptors (Lipinski definition) is 3. The first-order valence-electron chi connectivity index (χ1n) is 8.24. The van der Waals surface area contributed by atoms with Crippen LogP contribution in [0.1, 0.15) is 18.1 Å². The van der Waals surface area contributed by atoms with Crippen molar-refractivity contribution in [3.05, 3.63) is 59.7 Å². The van der Waals surface area contributed by atoms with E-state index in [4.69, 9.17) is 10.1 Å². The van der Waals surface area contributed by atoms with Crippen molar-refractivity contribution in [3.8, 4) is 0 Å². The Bertz CT molecular complexity index is 882. The number of nitrogens with zero attached hydrogens (tertiary/aromatic N) is 2. The molecule has 0 saturated carbocycles. The first-order valence-corrected chi connectivity index (χ1v) is 9.79. The molecule has 1 heterocycles. The van der Waals surface area contributed by atoms with Gasteiger partial charge in [0, 0.05) is 18.8 Å². The monoisotopic (exact) mass is 486 g/mol. The first kappa shape index (κ1) is 20.7. The molecule has 3 N–H and O–H groups in total. The number of guanidine groups is 1. The summed E-state index contributed by atoms with van der Waals surface area (Å²) >= 11 is 0. The Kier molecular flexibility index (Phi) is 7.01. The molecule has 2 aromatic rings. The van der Waals surface area contributed by atoms with Crippen molar-refractivity contribution in [2.45, 2.75) is 24.8 Å². The van der Waals surface area contributed by atoms with Gasteiger partial charge < -0.3 is 10.2 Å². The third-order valence-electron chi connectivity index (χ3n) is 4.14. The van der Waals surface area contributed by atoms with Crippen LogP contribution in [0.4, 0.5) is 5.69 Å². The minimum atomic E-state index is -3.66. The van der Waals surface area contributed by atoms with Gasteiger partial charge in [-0.05, 0) is 42.7 Å². The van der Waals surface area contributed by atoms with Crippen LogP contribution in [-0.2, 0) is 23.0 Å². The molecular formula is C18H23IN4O2S. The van der Waals surface area contributed by atoms with Crippen LogP contribution >= 0.6 is 24.0 Å². The van der Waals surface area contributed by atoms with Crippen LogP contribution in [-0.4, -0.2) is 27.5 Å². The maximum atomic E-state index is 11.3. The highest BCUT2D eigenvalue weighted by Gasteiger charge is 2.22. The average Bonchev–Trinajstić information content (AvgIpc) is 3.02. The van der Waals surface area contributed by atoms with Gasteiger partial charge in [-0.15, -0.1) is 24.0 Å². The summed E-state index contributed by atoms with van der Waals surface area (Å²) in [5, 5.41) is 8.46. The zero-order valence-corrected chi connectivity index (χ0v) is 17.7. The highest BCUT2D eigenvalue weighted by atomic mass is 127. The Hall–Kier alpha value is -1.65. The molecule has 6 nitrogen and oxygen atoms in total. The third-order valence-corrected chi connectivity index (χ3v) is 5.07. The van der Waals surface area contributed by atoms with Crippen LogP contribution < -0.4 is 15.4 Å². The van der Waals surface area contributed by atoms with Gasteiger partial charge in [0.2, 0.25) is 10.0 Å². The molecule has 0 saturated heterocycles. The third kappa shape index (κ3) is 4.74. The highest BCUT2D eigenvalue weighted by Crippen LogP contribution is 2.27. The van der Waals surface area contributed by atoms with Crippen molar-refractivity contribution in [1.29, 1.82) is 0 Å². The standard InChI is InChI=1S/C18H22N4O2S.HI/c1-2-20-18(22-12-11-15-5-3-4-6-17(15)22)21-13-14-7-9-16(10-8-14)25(19,23)24;/h3-10H,2,11-13H2,1H3,(H,20,21)(H2,19,23,24);1H. The van der Waals surface area contributed by atoms with Gasteiger partial charge in [0.05, 0.1) is 11.4 Å². The number of sulfonamides is 1. The number of nitrogens with two attached hydrogens (primary N) is 1. The molecule has 140 valence electrons. The van der Waals surface area contributed by atoms with Gasteiger partial charge in [0.25, 0.3) is 0 Å². The Balaban J connectivity index is 0.00000243. The summed E-state index contributed by atoms with van der Waals surface area (Å²) in [5.41, 5.74) is 3.44. The van der Waals surface area contributed by atoms with Crippen LogP contribution in [0.15, 0.2) is 58.4 Å². The molecule has 0 fully saturated rings. The number of halogens is 1. The molecule has 8 heteroatoms. The lowest BCUT2D eigenvalue weighted by Crippen LogP contribution is -2.40. The topological polar surface area (TPSA) is 87.8 Å². The number of rotatable bonds is 4. The minimum Gasteiger partial charge on any atom is -0.356 e. The molecule has 3 rings (SSSR count). The van der Waals surface area contributed by atoms with E-state index in [1.807, 2.05) is 13.0 Å². The molecule has 0 unspecified atom stereocenters. The van der Waals surface area contributed by atoms with E-state index in [0.29, 0.717) is 6.54 Å². The summed E-state index contributed by atoms with van der Waals surface area (Å²) < 4.78 is 22.6. The Morgan fingerprint density at radius 2 is 1.88 bits per heavy atom. The number of para-hydroxylation sites is 1. The number of nitrogens with one attached hydrogen (secondary N) is 1. The van der Waals surface area contributed by atoms with Crippen LogP contribution in [0.2, 0.25) is 0 Å². The van der Waals surface area contributed by atoms with E-state index in [2.05, 4.69) is 28.4 Å². The molecule has 0 amide bonds. The van der Waals surface area contributed by atoms with Gasteiger partial charge in [-0.1, -0.05) is 30.3 Å². The Morgan fingerprint density at radius 3 is 2.54 bits per heavy atom. The quantitative estimate of drug-likeness (QED) is 0.395. The van der Waals surface area contributed by atoms with E-state index in [1.165, 1.54) is 23.4 Å². The van der Waals surface area contributed by atoms with Crippen molar-refractivity contribution in [2.24, 2.45) is 10.1 Å². The normalized spacial score (nSPS) is 13.9. The average molecular weight is 486 g/mol. The van der Waals surface area contributed by atoms with E-state index < -0.39 is 10.0 Å². The summed E-state index contributed by atoms with van der Waals surface area (Å²) in [6.07, 6.45) is 1.00. The summed E-state index contributed by atoms with van der Waals surface area (Å²) in [6, 6.07) is 14.8. The van der Waals surface area contributed by atoms with Gasteiger partial charge >= 0.3 is 0 Å². The number of benzene rings is 2. The van der Waals surface area contributed by atoms with E-state index in [0.717, 1.165) is 31.0 Å². The van der Waals surface area contributed by atoms with E-state index in [-0.39, 0.29) is 28.9 Å². The second-order valence-corrected chi connectivity index (χ2v) is 7.45. The van der Waals surface area contributed by atoms with Crippen LogP contribution in [0, 0.1) is 0 Å². The fourth-order valence-electron chi connectivity index (χ4n) is 2.90. The zero-order valence-electron chi connectivity index (χ0n) is 14.6. The van der Waals surface area contributed by atoms with Gasteiger partial charge in [-0.2, -0.15) is 0 Å². The number of anilines is 1. The van der Waals surface area contributed by atoms with Crippen molar-refractivity contribution in [2.75, 3.05) is 18.0 Å². The van der Waals surface area contributed by atoms with Gasteiger partial charge in [-0.25, -0.2) is 18.5 Å². The molecule has 0 spiro atoms. The largest absolute Gasteiger partial charge is 0.356 e. The summed E-state index contributed by atoms with van der Waals surface area (Å²) in [4.78, 5) is 7.01. The zero-order chi connectivity index (χ0) is 17.9. The number of hydrogen-bond donors (Lipinski definition) is 2. The smallest absolute Gasteiger partial charge is 0.238 e. The van der Waals surface area contributed by atoms with E-state index in [1.54, 1.807) is 12.1 Å². The van der Waals surface area contributed by atoms with Crippen molar-refractivity contribution < 1.29 is 8.42 Å². The fraction of sp³-hybridized carbons (Fsp3) is 0.278. The number of primary sulfonamides is 1. The maximum Gasteiger partial charge on any atom is 0.238 e. The molecule has 0 radical (unpaired) electrons. The maximum absolute atomic E-state index is 11.3. The highest BCUT2D eigenvalue weighted by molar-refractivity contribution is 14.0. The number of fused-ring (bicyclic) bond motifs is 1. The second-order valence-electron chi connectivity index (χ2n) is 5.89. The van der Waals surface area contributed by atoms with Gasteiger partial charge in [0.1, 0.15) is 0 Å². The van der Waals surface area contributed by atoms with Crippen molar-refractivity contribution in [3.63, 3.8) is 0 Å². The molecule has 26 heavy (non-hydrogen) atoms. The number of aliphatic imine (C=N–C) groups is 1. The fourth-order valence-corrected chi connectivity index (χ4v) is 3.42. The summed E-state index contributed by atoms with van der Waals surface area (Å²) in [6.45, 7) is 4.18. The first-order chi connectivity index (χ1) is 12.0. The van der Waals surface area contributed by atoms with E-state index in [9.17, 15) is 8.42 Å². The Morgan fingerprint density at radius 1 is 1.19 bits per heavy atom. The van der Waals surface area contributed by atoms with Crippen molar-refractivity contribution >= 4 is 45.6 Å². The lowest BCUT2D eigenvalue weighted by Gasteiger charge is -2.22. The Labute approximate surface area is 171 Å². The molecule has 0 aliphatic carbocycles.